The highest BCUT2D eigenvalue weighted by Crippen LogP contribution is 2.48. The van der Waals surface area contributed by atoms with Gasteiger partial charge in [-0.1, -0.05) is 176 Å². The fourth-order valence-electron chi connectivity index (χ4n) is 8.98. The largest absolute Gasteiger partial charge is 0.376 e. The van der Waals surface area contributed by atoms with Gasteiger partial charge in [-0.05, 0) is 120 Å². The van der Waals surface area contributed by atoms with Crippen LogP contribution >= 0.6 is 0 Å². The average Bonchev–Trinajstić information content (AvgIpc) is 3.29. The summed E-state index contributed by atoms with van der Waals surface area (Å²) in [5, 5.41) is 0. The molecule has 260 valence electrons. The lowest BCUT2D eigenvalue weighted by Gasteiger charge is -2.43. The lowest BCUT2D eigenvalue weighted by Crippen LogP contribution is -2.59. The van der Waals surface area contributed by atoms with E-state index in [1.165, 1.54) is 100 Å². The third-order valence-electron chi connectivity index (χ3n) is 11.6. The summed E-state index contributed by atoms with van der Waals surface area (Å²) in [6.07, 6.45) is 0. The van der Waals surface area contributed by atoms with Crippen molar-refractivity contribution in [1.29, 1.82) is 0 Å². The van der Waals surface area contributed by atoms with E-state index in [2.05, 4.69) is 223 Å². The van der Waals surface area contributed by atoms with Crippen LogP contribution in [0.1, 0.15) is 0 Å². The van der Waals surface area contributed by atoms with E-state index >= 15 is 0 Å². The van der Waals surface area contributed by atoms with Crippen LogP contribution in [0.3, 0.4) is 0 Å². The topological polar surface area (TPSA) is 3.24 Å². The molecule has 2 aliphatic heterocycles. The molecular formula is C54H36BN. The molecule has 2 heteroatoms. The van der Waals surface area contributed by atoms with Crippen molar-refractivity contribution in [2.45, 2.75) is 0 Å². The Morgan fingerprint density at radius 1 is 0.232 bits per heavy atom. The number of hydrogen-bond acceptors (Lipinski definition) is 1. The van der Waals surface area contributed by atoms with Gasteiger partial charge in [0.05, 0.1) is 0 Å². The second kappa shape index (κ2) is 13.3. The maximum atomic E-state index is 2.61. The van der Waals surface area contributed by atoms with Crippen molar-refractivity contribution in [3.63, 3.8) is 0 Å². The number of rotatable bonds is 5. The minimum absolute atomic E-state index is 0.00259. The van der Waals surface area contributed by atoms with Gasteiger partial charge < -0.3 is 4.81 Å². The third kappa shape index (κ3) is 5.41. The highest BCUT2D eigenvalue weighted by atomic mass is 15.1. The monoisotopic (exact) mass is 709 g/mol. The molecule has 0 aliphatic carbocycles. The smallest absolute Gasteiger partial charge is 0.329 e. The van der Waals surface area contributed by atoms with Gasteiger partial charge in [0.25, 0.3) is 0 Å². The van der Waals surface area contributed by atoms with Gasteiger partial charge in [-0.2, -0.15) is 0 Å². The highest BCUT2D eigenvalue weighted by Gasteiger charge is 2.42. The van der Waals surface area contributed by atoms with Gasteiger partial charge >= 0.3 is 6.85 Å². The Morgan fingerprint density at radius 2 is 0.607 bits per heavy atom. The molecule has 2 heterocycles. The third-order valence-corrected chi connectivity index (χ3v) is 11.6. The van der Waals surface area contributed by atoms with Crippen LogP contribution in [0.5, 0.6) is 0 Å². The molecule has 0 saturated heterocycles. The molecule has 2 aliphatic rings. The lowest BCUT2D eigenvalue weighted by molar-refractivity contribution is 1.35. The molecule has 0 bridgehead atoms. The van der Waals surface area contributed by atoms with Gasteiger partial charge in [-0.15, -0.1) is 0 Å². The van der Waals surface area contributed by atoms with Crippen molar-refractivity contribution < 1.29 is 0 Å². The fraction of sp³-hybridized carbons (Fsp3) is 0. The number of anilines is 2. The molecule has 11 rings (SSSR count). The number of hydrogen-bond donors (Lipinski definition) is 0. The van der Waals surface area contributed by atoms with Crippen molar-refractivity contribution in [3.8, 4) is 77.9 Å². The van der Waals surface area contributed by atoms with Gasteiger partial charge in [0.15, 0.2) is 0 Å². The van der Waals surface area contributed by atoms with Crippen molar-refractivity contribution in [2.75, 3.05) is 4.81 Å². The zero-order valence-corrected chi connectivity index (χ0v) is 30.8. The van der Waals surface area contributed by atoms with Crippen molar-refractivity contribution in [1.82, 2.24) is 0 Å². The molecule has 0 fully saturated rings. The van der Waals surface area contributed by atoms with E-state index in [0.717, 1.165) is 0 Å². The maximum Gasteiger partial charge on any atom is 0.329 e. The highest BCUT2D eigenvalue weighted by molar-refractivity contribution is 6.92. The Kier molecular flexibility index (Phi) is 7.67. The first kappa shape index (κ1) is 32.3. The Hall–Kier alpha value is -7.16. The SMILES string of the molecule is c1ccc(-c2cc(-c3ccccc3)cc(-c3ccc4c(c3)B3c5ccccc5-c5cc(-c6ccccc6)ccc5N3c3ccc(-c5ccccc5)cc3-4)c2)cc1. The lowest BCUT2D eigenvalue weighted by atomic mass is 9.43. The van der Waals surface area contributed by atoms with Gasteiger partial charge in [-0.3, -0.25) is 0 Å². The van der Waals surface area contributed by atoms with Crippen molar-refractivity contribution in [2.24, 2.45) is 0 Å². The van der Waals surface area contributed by atoms with Crippen LogP contribution in [0.4, 0.5) is 11.4 Å². The van der Waals surface area contributed by atoms with E-state index in [0.29, 0.717) is 0 Å². The minimum atomic E-state index is -0.00259. The molecule has 0 spiro atoms. The van der Waals surface area contributed by atoms with Crippen LogP contribution < -0.4 is 15.7 Å². The standard InChI is InChI=1S/C54H36BN/c1-5-15-37(16-6-1)41-26-29-53-49(34-41)47-23-13-14-24-51(47)55-52-36-43(25-28-48(52)50-35-42(27-30-54(50)56(53)55)38-17-7-2-8-18-38)46-32-44(39-19-9-3-10-20-39)31-45(33-46)40-21-11-4-12-22-40/h1-36H. The van der Waals surface area contributed by atoms with E-state index < -0.39 is 0 Å². The number of fused-ring (bicyclic) bond motifs is 11. The summed E-state index contributed by atoms with van der Waals surface area (Å²) in [7, 11) is 0. The van der Waals surface area contributed by atoms with Crippen LogP contribution in [-0.4, -0.2) is 6.85 Å². The quantitative estimate of drug-likeness (QED) is 0.161. The molecular weight excluding hydrogens is 673 g/mol. The fourth-order valence-corrected chi connectivity index (χ4v) is 8.98. The van der Waals surface area contributed by atoms with Gasteiger partial charge in [-0.25, -0.2) is 0 Å². The summed E-state index contributed by atoms with van der Waals surface area (Å²) in [6, 6.07) is 80.4. The first-order chi connectivity index (χ1) is 27.8. The van der Waals surface area contributed by atoms with Gasteiger partial charge in [0.1, 0.15) is 0 Å². The van der Waals surface area contributed by atoms with Gasteiger partial charge in [0, 0.05) is 22.5 Å². The second-order valence-electron chi connectivity index (χ2n) is 14.9. The second-order valence-corrected chi connectivity index (χ2v) is 14.9. The maximum absolute atomic E-state index is 2.61. The molecule has 9 aromatic carbocycles. The van der Waals surface area contributed by atoms with Crippen molar-refractivity contribution in [3.05, 3.63) is 218 Å². The molecule has 1 nitrogen and oxygen atoms in total. The van der Waals surface area contributed by atoms with Crippen molar-refractivity contribution >= 4 is 29.1 Å². The first-order valence-corrected chi connectivity index (χ1v) is 19.4. The summed E-state index contributed by atoms with van der Waals surface area (Å²) in [6.45, 7) is -0.00259. The number of nitrogens with zero attached hydrogens (tertiary/aromatic N) is 1. The summed E-state index contributed by atoms with van der Waals surface area (Å²) < 4.78 is 0. The number of benzene rings is 9. The Bertz CT molecular complexity index is 2840. The van der Waals surface area contributed by atoms with E-state index in [1.807, 2.05) is 0 Å². The average molecular weight is 710 g/mol. The van der Waals surface area contributed by atoms with Gasteiger partial charge in [0.2, 0.25) is 0 Å². The van der Waals surface area contributed by atoms with E-state index in [9.17, 15) is 0 Å². The first-order valence-electron chi connectivity index (χ1n) is 19.4. The molecule has 0 amide bonds. The molecule has 0 aromatic heterocycles. The molecule has 0 N–H and O–H groups in total. The normalized spacial score (nSPS) is 12.2. The van der Waals surface area contributed by atoms with Crippen LogP contribution in [0.15, 0.2) is 218 Å². The molecule has 0 unspecified atom stereocenters. The Labute approximate surface area is 328 Å². The van der Waals surface area contributed by atoms with Crippen LogP contribution in [-0.2, 0) is 0 Å². The van der Waals surface area contributed by atoms with E-state index in [1.54, 1.807) is 0 Å². The zero-order chi connectivity index (χ0) is 37.0. The van der Waals surface area contributed by atoms with Crippen LogP contribution in [0.2, 0.25) is 0 Å². The van der Waals surface area contributed by atoms with E-state index in [4.69, 9.17) is 0 Å². The summed E-state index contributed by atoms with van der Waals surface area (Å²) in [4.78, 5) is 2.61. The van der Waals surface area contributed by atoms with Crippen LogP contribution in [0, 0.1) is 0 Å². The summed E-state index contributed by atoms with van der Waals surface area (Å²) in [5.41, 5.74) is 22.4. The van der Waals surface area contributed by atoms with E-state index in [-0.39, 0.29) is 6.85 Å². The predicted molar refractivity (Wildman–Crippen MR) is 238 cm³/mol. The summed E-state index contributed by atoms with van der Waals surface area (Å²) in [5.74, 6) is 0. The molecule has 0 atom stereocenters. The molecule has 0 radical (unpaired) electrons. The Balaban J connectivity index is 1.15. The minimum Gasteiger partial charge on any atom is -0.376 e. The van der Waals surface area contributed by atoms with Crippen LogP contribution in [0.25, 0.3) is 77.9 Å². The molecule has 56 heavy (non-hydrogen) atoms. The Morgan fingerprint density at radius 3 is 1.11 bits per heavy atom. The predicted octanol–water partition coefficient (Wildman–Crippen LogP) is 12.9. The molecule has 9 aromatic rings. The zero-order valence-electron chi connectivity index (χ0n) is 30.8. The summed E-state index contributed by atoms with van der Waals surface area (Å²) >= 11 is 0. The molecule has 0 saturated carbocycles.